The molecule has 0 aromatic heterocycles. The van der Waals surface area contributed by atoms with Gasteiger partial charge in [0.2, 0.25) is 0 Å². The van der Waals surface area contributed by atoms with Gasteiger partial charge in [0.15, 0.2) is 0 Å². The van der Waals surface area contributed by atoms with E-state index in [4.69, 9.17) is 0 Å². The first-order chi connectivity index (χ1) is 14.7. The van der Waals surface area contributed by atoms with Gasteiger partial charge in [0.1, 0.15) is 0 Å². The van der Waals surface area contributed by atoms with E-state index in [1.165, 1.54) is 154 Å². The fourth-order valence-corrected chi connectivity index (χ4v) is 4.52. The molecule has 1 heteroatoms. The number of nitrogens with zero attached hydrogens (tertiary/aromatic N) is 1. The molecule has 0 bridgehead atoms. The maximum atomic E-state index is 2.82. The Morgan fingerprint density at radius 1 is 0.400 bits per heavy atom. The topological polar surface area (TPSA) is 3.24 Å². The van der Waals surface area contributed by atoms with E-state index in [1.807, 2.05) is 0 Å². The van der Waals surface area contributed by atoms with Crippen LogP contribution in [0.4, 0.5) is 0 Å². The van der Waals surface area contributed by atoms with Gasteiger partial charge in [-0.05, 0) is 44.8 Å². The molecule has 0 radical (unpaired) electrons. The molecule has 182 valence electrons. The summed E-state index contributed by atoms with van der Waals surface area (Å²) in [5.74, 6) is 0.880. The SMILES string of the molecule is CCCCCCCCCCN(CCCCCCCCCC)CCCCCCC(C)C. The third kappa shape index (κ3) is 24.2. The van der Waals surface area contributed by atoms with Gasteiger partial charge < -0.3 is 4.90 Å². The first kappa shape index (κ1) is 30.0. The first-order valence-corrected chi connectivity index (χ1v) is 14.4. The van der Waals surface area contributed by atoms with E-state index in [1.54, 1.807) is 0 Å². The molecule has 0 saturated heterocycles. The van der Waals surface area contributed by atoms with E-state index in [-0.39, 0.29) is 0 Å². The van der Waals surface area contributed by atoms with Gasteiger partial charge in [0.05, 0.1) is 0 Å². The van der Waals surface area contributed by atoms with Crippen molar-refractivity contribution in [2.45, 2.75) is 163 Å². The van der Waals surface area contributed by atoms with Gasteiger partial charge >= 0.3 is 0 Å². The van der Waals surface area contributed by atoms with Crippen LogP contribution in [0, 0.1) is 5.92 Å². The summed E-state index contributed by atoms with van der Waals surface area (Å²) in [7, 11) is 0. The zero-order chi connectivity index (χ0) is 22.1. The zero-order valence-corrected chi connectivity index (χ0v) is 22.0. The standard InChI is InChI=1S/C29H61N/c1-5-7-9-11-13-15-18-22-26-30(28-24-20-17-21-25-29(3)4)27-23-19-16-14-12-10-8-6-2/h29H,5-28H2,1-4H3. The van der Waals surface area contributed by atoms with Crippen molar-refractivity contribution in [1.82, 2.24) is 4.90 Å². The minimum absolute atomic E-state index is 0.880. The number of hydrogen-bond donors (Lipinski definition) is 0. The van der Waals surface area contributed by atoms with Gasteiger partial charge in [0, 0.05) is 0 Å². The second-order valence-corrected chi connectivity index (χ2v) is 10.4. The Morgan fingerprint density at radius 3 is 1.03 bits per heavy atom. The van der Waals surface area contributed by atoms with Crippen LogP contribution >= 0.6 is 0 Å². The molecule has 0 amide bonds. The number of rotatable bonds is 25. The summed E-state index contributed by atoms with van der Waals surface area (Å²) < 4.78 is 0. The van der Waals surface area contributed by atoms with Crippen LogP contribution in [0.25, 0.3) is 0 Å². The fourth-order valence-electron chi connectivity index (χ4n) is 4.52. The molecule has 0 spiro atoms. The van der Waals surface area contributed by atoms with Crippen molar-refractivity contribution in [2.24, 2.45) is 5.92 Å². The highest BCUT2D eigenvalue weighted by Gasteiger charge is 2.05. The maximum Gasteiger partial charge on any atom is -0.00187 e. The second kappa shape index (κ2) is 25.2. The molecule has 0 aromatic carbocycles. The molecule has 0 atom stereocenters. The minimum atomic E-state index is 0.880. The molecule has 0 saturated carbocycles. The lowest BCUT2D eigenvalue weighted by molar-refractivity contribution is 0.253. The zero-order valence-electron chi connectivity index (χ0n) is 22.0. The van der Waals surface area contributed by atoms with Crippen molar-refractivity contribution in [2.75, 3.05) is 19.6 Å². The predicted molar refractivity (Wildman–Crippen MR) is 140 cm³/mol. The van der Waals surface area contributed by atoms with Crippen molar-refractivity contribution < 1.29 is 0 Å². The van der Waals surface area contributed by atoms with E-state index in [0.717, 1.165) is 5.92 Å². The van der Waals surface area contributed by atoms with E-state index >= 15 is 0 Å². The average molecular weight is 424 g/mol. The van der Waals surface area contributed by atoms with E-state index in [9.17, 15) is 0 Å². The normalized spacial score (nSPS) is 11.8. The number of hydrogen-bond acceptors (Lipinski definition) is 1. The number of unbranched alkanes of at least 4 members (excludes halogenated alkanes) is 17. The minimum Gasteiger partial charge on any atom is -0.303 e. The van der Waals surface area contributed by atoms with Gasteiger partial charge in [-0.25, -0.2) is 0 Å². The van der Waals surface area contributed by atoms with Gasteiger partial charge in [-0.2, -0.15) is 0 Å². The van der Waals surface area contributed by atoms with E-state index in [2.05, 4.69) is 32.6 Å². The maximum absolute atomic E-state index is 2.82. The lowest BCUT2D eigenvalue weighted by atomic mass is 10.0. The molecule has 0 fully saturated rings. The van der Waals surface area contributed by atoms with Crippen LogP contribution < -0.4 is 0 Å². The molecule has 0 heterocycles. The summed E-state index contributed by atoms with van der Waals surface area (Å²) >= 11 is 0. The van der Waals surface area contributed by atoms with Crippen molar-refractivity contribution in [3.8, 4) is 0 Å². The van der Waals surface area contributed by atoms with Crippen LogP contribution in [-0.2, 0) is 0 Å². The van der Waals surface area contributed by atoms with Crippen molar-refractivity contribution >= 4 is 0 Å². The van der Waals surface area contributed by atoms with Gasteiger partial charge in [-0.3, -0.25) is 0 Å². The molecule has 0 aliphatic heterocycles. The summed E-state index contributed by atoms with van der Waals surface area (Å²) in [5, 5.41) is 0. The Hall–Kier alpha value is -0.0400. The van der Waals surface area contributed by atoms with Crippen LogP contribution in [0.5, 0.6) is 0 Å². The van der Waals surface area contributed by atoms with E-state index < -0.39 is 0 Å². The lowest BCUT2D eigenvalue weighted by Gasteiger charge is -2.22. The molecule has 0 N–H and O–H groups in total. The van der Waals surface area contributed by atoms with Crippen LogP contribution in [0.3, 0.4) is 0 Å². The monoisotopic (exact) mass is 423 g/mol. The summed E-state index contributed by atoms with van der Waals surface area (Å²) in [6, 6.07) is 0. The Bertz CT molecular complexity index is 279. The molecule has 0 rings (SSSR count). The summed E-state index contributed by atoms with van der Waals surface area (Å²) in [5.41, 5.74) is 0. The largest absolute Gasteiger partial charge is 0.303 e. The van der Waals surface area contributed by atoms with Gasteiger partial charge in [-0.1, -0.05) is 143 Å². The Morgan fingerprint density at radius 2 is 0.700 bits per heavy atom. The van der Waals surface area contributed by atoms with Crippen molar-refractivity contribution in [1.29, 1.82) is 0 Å². The van der Waals surface area contributed by atoms with Crippen molar-refractivity contribution in [3.63, 3.8) is 0 Å². The Balaban J connectivity index is 3.84. The average Bonchev–Trinajstić information content (AvgIpc) is 2.73. The van der Waals surface area contributed by atoms with E-state index in [0.29, 0.717) is 0 Å². The fraction of sp³-hybridized carbons (Fsp3) is 1.00. The molecule has 0 aromatic rings. The Labute approximate surface area is 193 Å². The third-order valence-corrected chi connectivity index (χ3v) is 6.66. The van der Waals surface area contributed by atoms with Crippen LogP contribution in [0.2, 0.25) is 0 Å². The second-order valence-electron chi connectivity index (χ2n) is 10.4. The molecule has 1 nitrogen and oxygen atoms in total. The highest BCUT2D eigenvalue weighted by atomic mass is 15.1. The first-order valence-electron chi connectivity index (χ1n) is 14.4. The summed E-state index contributed by atoms with van der Waals surface area (Å²) in [6.45, 7) is 13.4. The third-order valence-electron chi connectivity index (χ3n) is 6.66. The quantitative estimate of drug-likeness (QED) is 0.132. The predicted octanol–water partition coefficient (Wildman–Crippen LogP) is 10.2. The summed E-state index contributed by atoms with van der Waals surface area (Å²) in [6.07, 6.45) is 30.2. The van der Waals surface area contributed by atoms with Crippen LogP contribution in [-0.4, -0.2) is 24.5 Å². The highest BCUT2D eigenvalue weighted by Crippen LogP contribution is 2.13. The molecule has 30 heavy (non-hydrogen) atoms. The molecule has 0 unspecified atom stereocenters. The van der Waals surface area contributed by atoms with Gasteiger partial charge in [-0.15, -0.1) is 0 Å². The lowest BCUT2D eigenvalue weighted by Crippen LogP contribution is -2.27. The molecule has 0 aliphatic carbocycles. The van der Waals surface area contributed by atoms with Gasteiger partial charge in [0.25, 0.3) is 0 Å². The Kier molecular flexibility index (Phi) is 25.2. The van der Waals surface area contributed by atoms with Crippen LogP contribution in [0.1, 0.15) is 163 Å². The molecular weight excluding hydrogens is 362 g/mol. The van der Waals surface area contributed by atoms with Crippen LogP contribution in [0.15, 0.2) is 0 Å². The highest BCUT2D eigenvalue weighted by molar-refractivity contribution is 4.61. The molecular formula is C29H61N. The smallest absolute Gasteiger partial charge is 0.00187 e. The van der Waals surface area contributed by atoms with Crippen molar-refractivity contribution in [3.05, 3.63) is 0 Å². The molecule has 0 aliphatic rings. The summed E-state index contributed by atoms with van der Waals surface area (Å²) in [4.78, 5) is 2.82.